The number of aromatic nitrogens is 1. The van der Waals surface area contributed by atoms with Crippen molar-refractivity contribution in [1.82, 2.24) is 10.3 Å². The molecule has 1 aliphatic rings. The molecule has 2 heterocycles. The summed E-state index contributed by atoms with van der Waals surface area (Å²) >= 11 is 1.61. The Morgan fingerprint density at radius 2 is 2.20 bits per heavy atom. The number of nitrogens with one attached hydrogen (secondary N) is 1. The zero-order chi connectivity index (χ0) is 18.1. The third-order valence-corrected chi connectivity index (χ3v) is 5.55. The highest BCUT2D eigenvalue weighted by atomic mass is 32.1. The molecule has 6 nitrogen and oxygen atoms in total. The smallest absolute Gasteiger partial charge is 0.264 e. The highest BCUT2D eigenvalue weighted by Gasteiger charge is 2.24. The van der Waals surface area contributed by atoms with Crippen LogP contribution in [0.3, 0.4) is 0 Å². The molecule has 1 aromatic heterocycles. The van der Waals surface area contributed by atoms with Crippen molar-refractivity contribution in [3.8, 4) is 5.75 Å². The van der Waals surface area contributed by atoms with E-state index in [0.717, 1.165) is 22.0 Å². The summed E-state index contributed by atoms with van der Waals surface area (Å²) in [6.45, 7) is 6.04. The summed E-state index contributed by atoms with van der Waals surface area (Å²) in [4.78, 5) is 31.7. The molecule has 0 aliphatic carbocycles. The Kier molecular flexibility index (Phi) is 4.76. The Hall–Kier alpha value is -2.41. The van der Waals surface area contributed by atoms with Crippen LogP contribution in [-0.2, 0) is 4.79 Å². The van der Waals surface area contributed by atoms with E-state index in [1.807, 2.05) is 20.8 Å². The molecule has 1 atom stereocenters. The third-order valence-electron chi connectivity index (χ3n) is 4.36. The van der Waals surface area contributed by atoms with Crippen LogP contribution in [0, 0.1) is 13.8 Å². The first-order chi connectivity index (χ1) is 11.9. The number of hydrogen-bond donors (Lipinski definition) is 1. The third kappa shape index (κ3) is 3.37. The number of likely N-dealkylation sites (N-methyl/N-ethyl adjacent to an activating group) is 1. The second-order valence-corrected chi connectivity index (χ2v) is 7.29. The van der Waals surface area contributed by atoms with Gasteiger partial charge in [0.1, 0.15) is 10.8 Å². The van der Waals surface area contributed by atoms with E-state index in [1.54, 1.807) is 36.6 Å². The molecule has 0 fully saturated rings. The van der Waals surface area contributed by atoms with Gasteiger partial charge in [0.15, 0.2) is 6.61 Å². The summed E-state index contributed by atoms with van der Waals surface area (Å²) in [7, 11) is 1.68. The van der Waals surface area contributed by atoms with Gasteiger partial charge in [0, 0.05) is 17.5 Å². The number of anilines is 1. The van der Waals surface area contributed by atoms with Crippen molar-refractivity contribution in [2.75, 3.05) is 18.6 Å². The highest BCUT2D eigenvalue weighted by molar-refractivity contribution is 7.11. The van der Waals surface area contributed by atoms with Crippen molar-refractivity contribution in [3.63, 3.8) is 0 Å². The topological polar surface area (TPSA) is 71.5 Å². The number of benzene rings is 1. The van der Waals surface area contributed by atoms with E-state index in [1.165, 1.54) is 4.90 Å². The van der Waals surface area contributed by atoms with Gasteiger partial charge in [-0.15, -0.1) is 11.3 Å². The molecule has 0 bridgehead atoms. The second-order valence-electron chi connectivity index (χ2n) is 6.05. The molecule has 25 heavy (non-hydrogen) atoms. The summed E-state index contributed by atoms with van der Waals surface area (Å²) in [5.41, 5.74) is 2.10. The molecule has 0 saturated carbocycles. The maximum Gasteiger partial charge on any atom is 0.264 e. The lowest BCUT2D eigenvalue weighted by molar-refractivity contribution is -0.120. The van der Waals surface area contributed by atoms with E-state index in [9.17, 15) is 9.59 Å². The van der Waals surface area contributed by atoms with Crippen LogP contribution >= 0.6 is 11.3 Å². The number of amides is 2. The molecule has 0 spiro atoms. The molecule has 2 aromatic rings. The first-order valence-corrected chi connectivity index (χ1v) is 9.00. The van der Waals surface area contributed by atoms with Crippen molar-refractivity contribution in [2.45, 2.75) is 33.2 Å². The van der Waals surface area contributed by atoms with Crippen LogP contribution < -0.4 is 15.0 Å². The average Bonchev–Trinajstić information content (AvgIpc) is 2.94. The predicted octanol–water partition coefficient (Wildman–Crippen LogP) is 3.00. The molecule has 0 radical (unpaired) electrons. The van der Waals surface area contributed by atoms with E-state index in [0.29, 0.717) is 17.0 Å². The van der Waals surface area contributed by atoms with E-state index < -0.39 is 0 Å². The highest BCUT2D eigenvalue weighted by Crippen LogP contribution is 2.32. The normalized spacial score (nSPS) is 14.7. The number of aryl methyl sites for hydroxylation is 2. The van der Waals surface area contributed by atoms with Crippen molar-refractivity contribution in [3.05, 3.63) is 39.3 Å². The van der Waals surface area contributed by atoms with E-state index in [4.69, 9.17) is 4.74 Å². The fourth-order valence-electron chi connectivity index (χ4n) is 2.64. The summed E-state index contributed by atoms with van der Waals surface area (Å²) < 4.78 is 5.40. The van der Waals surface area contributed by atoms with Gasteiger partial charge >= 0.3 is 0 Å². The van der Waals surface area contributed by atoms with Gasteiger partial charge in [-0.25, -0.2) is 4.98 Å². The minimum Gasteiger partial charge on any atom is -0.482 e. The first-order valence-electron chi connectivity index (χ1n) is 8.19. The first kappa shape index (κ1) is 17.4. The average molecular weight is 359 g/mol. The fourth-order valence-corrected chi connectivity index (χ4v) is 3.70. The minimum absolute atomic E-state index is 0.0235. The van der Waals surface area contributed by atoms with Gasteiger partial charge in [0.05, 0.1) is 17.4 Å². The number of hydrogen-bond acceptors (Lipinski definition) is 5. The minimum atomic E-state index is -0.188. The number of carbonyl (C=O) groups is 2. The Morgan fingerprint density at radius 1 is 1.44 bits per heavy atom. The Balaban J connectivity index is 1.82. The number of fused-ring (bicyclic) bond motifs is 1. The number of carbonyl (C=O) groups excluding carboxylic acids is 2. The molecular weight excluding hydrogens is 338 g/mol. The molecule has 1 aliphatic heterocycles. The molecule has 132 valence electrons. The lowest BCUT2D eigenvalue weighted by Crippen LogP contribution is -2.36. The van der Waals surface area contributed by atoms with Crippen LogP contribution in [-0.4, -0.2) is 30.5 Å². The standard InChI is InChI=1S/C18H21N3O3S/c1-5-13(18-19-10(2)11(3)25-18)20-17(23)12-6-7-15-14(8-12)21(4)16(22)9-24-15/h6-8,13H,5,9H2,1-4H3,(H,20,23). The molecule has 2 amide bonds. The number of ether oxygens (including phenoxy) is 1. The van der Waals surface area contributed by atoms with Gasteiger partial charge in [-0.2, -0.15) is 0 Å². The maximum absolute atomic E-state index is 12.7. The zero-order valence-corrected chi connectivity index (χ0v) is 15.6. The van der Waals surface area contributed by atoms with Crippen LogP contribution in [0.5, 0.6) is 5.75 Å². The quantitative estimate of drug-likeness (QED) is 0.911. The molecular formula is C18H21N3O3S. The lowest BCUT2D eigenvalue weighted by atomic mass is 10.1. The van der Waals surface area contributed by atoms with Crippen LogP contribution in [0.25, 0.3) is 0 Å². The van der Waals surface area contributed by atoms with Gasteiger partial charge in [-0.05, 0) is 38.5 Å². The van der Waals surface area contributed by atoms with Crippen molar-refractivity contribution < 1.29 is 14.3 Å². The van der Waals surface area contributed by atoms with Crippen LogP contribution in [0.1, 0.15) is 45.3 Å². The van der Waals surface area contributed by atoms with Crippen LogP contribution in [0.4, 0.5) is 5.69 Å². The van der Waals surface area contributed by atoms with Gasteiger partial charge in [0.2, 0.25) is 0 Å². The van der Waals surface area contributed by atoms with E-state index >= 15 is 0 Å². The Bertz CT molecular complexity index is 811. The summed E-state index contributed by atoms with van der Waals surface area (Å²) in [5.74, 6) is 0.286. The molecule has 3 rings (SSSR count). The molecule has 7 heteroatoms. The lowest BCUT2D eigenvalue weighted by Gasteiger charge is -2.26. The number of thiazole rings is 1. The number of nitrogens with zero attached hydrogens (tertiary/aromatic N) is 2. The van der Waals surface area contributed by atoms with Crippen LogP contribution in [0.15, 0.2) is 18.2 Å². The molecule has 0 saturated heterocycles. The number of rotatable bonds is 4. The van der Waals surface area contributed by atoms with Gasteiger partial charge in [0.25, 0.3) is 11.8 Å². The monoisotopic (exact) mass is 359 g/mol. The predicted molar refractivity (Wildman–Crippen MR) is 97.4 cm³/mol. The van der Waals surface area contributed by atoms with E-state index in [-0.39, 0.29) is 24.5 Å². The van der Waals surface area contributed by atoms with Crippen molar-refractivity contribution in [1.29, 1.82) is 0 Å². The molecule has 1 aromatic carbocycles. The largest absolute Gasteiger partial charge is 0.482 e. The molecule has 1 N–H and O–H groups in total. The SMILES string of the molecule is CCC(NC(=O)c1ccc2c(c1)N(C)C(=O)CO2)c1nc(C)c(C)s1. The van der Waals surface area contributed by atoms with E-state index in [2.05, 4.69) is 10.3 Å². The fraction of sp³-hybridized carbons (Fsp3) is 0.389. The maximum atomic E-state index is 12.7. The van der Waals surface area contributed by atoms with Gasteiger partial charge < -0.3 is 15.0 Å². The Labute approximate surface area is 150 Å². The van der Waals surface area contributed by atoms with Crippen molar-refractivity contribution in [2.24, 2.45) is 0 Å². The zero-order valence-electron chi connectivity index (χ0n) is 14.8. The van der Waals surface area contributed by atoms with Crippen molar-refractivity contribution >= 4 is 28.8 Å². The Morgan fingerprint density at radius 3 is 2.84 bits per heavy atom. The summed E-state index contributed by atoms with van der Waals surface area (Å²) in [6.07, 6.45) is 0.755. The summed E-state index contributed by atoms with van der Waals surface area (Å²) in [5, 5.41) is 3.95. The van der Waals surface area contributed by atoms with Gasteiger partial charge in [-0.3, -0.25) is 9.59 Å². The summed E-state index contributed by atoms with van der Waals surface area (Å²) in [6, 6.07) is 5.00. The van der Waals surface area contributed by atoms with Crippen LogP contribution in [0.2, 0.25) is 0 Å². The second kappa shape index (κ2) is 6.84. The molecule has 1 unspecified atom stereocenters. The van der Waals surface area contributed by atoms with Gasteiger partial charge in [-0.1, -0.05) is 6.92 Å².